The molecule has 2 atom stereocenters. The summed E-state index contributed by atoms with van der Waals surface area (Å²) >= 11 is 0. The Hall–Kier alpha value is -1.08. The van der Waals surface area contributed by atoms with Gasteiger partial charge in [-0.25, -0.2) is 39.6 Å². The smallest absolute Gasteiger partial charge is 0.744 e. The Balaban J connectivity index is 0. The summed E-state index contributed by atoms with van der Waals surface area (Å²) in [5.74, 6) is -0.532. The molecule has 0 N–H and O–H groups in total. The minimum absolute atomic E-state index is 0. The molecular weight excluding hydrogens is 988 g/mol. The molecule has 0 aliphatic carbocycles. The Labute approximate surface area is 455 Å². The number of carbonyl (C=O) groups is 3. The van der Waals surface area contributed by atoms with Crippen molar-refractivity contribution >= 4 is 70.5 Å². The topological polar surface area (TPSA) is 278 Å². The SMILES string of the molecule is CCCCCCCCCCC(CCOC(=O)Oc1ccc(S(=O)(=O)[O-])cc1)C(P)(CCOC(=O)Oc1ccc(S(=O)(=O)[O-])cc1)CCOC(=O)Oc1ccc(S(=O)(=O)[O-])cc1.Cl.[Na+].[Na+].[Na+]. The van der Waals surface area contributed by atoms with E-state index in [1.807, 2.05) is 0 Å². The molecule has 0 aliphatic heterocycles. The largest absolute Gasteiger partial charge is 1.00 e. The molecule has 0 fully saturated rings. The third-order valence-electron chi connectivity index (χ3n) is 9.42. The van der Waals surface area contributed by atoms with Crippen molar-refractivity contribution in [2.75, 3.05) is 19.8 Å². The van der Waals surface area contributed by atoms with Crippen LogP contribution in [0.2, 0.25) is 0 Å². The summed E-state index contributed by atoms with van der Waals surface area (Å²) in [6, 6.07) is 12.5. The van der Waals surface area contributed by atoms with Crippen LogP contribution in [0.1, 0.15) is 84.0 Å². The van der Waals surface area contributed by atoms with Crippen LogP contribution < -0.4 is 103 Å². The summed E-state index contributed by atoms with van der Waals surface area (Å²) in [6.45, 7) is 1.54. The second kappa shape index (κ2) is 32.7. The molecule has 0 saturated carbocycles. The first kappa shape index (κ1) is 66.0. The molecule has 2 unspecified atom stereocenters. The van der Waals surface area contributed by atoms with E-state index in [0.29, 0.717) is 6.42 Å². The summed E-state index contributed by atoms with van der Waals surface area (Å²) < 4.78 is 133. The number of rotatable bonds is 25. The van der Waals surface area contributed by atoms with Gasteiger partial charge in [-0.3, -0.25) is 0 Å². The minimum atomic E-state index is -4.73. The van der Waals surface area contributed by atoms with Gasteiger partial charge in [0.1, 0.15) is 47.6 Å². The molecule has 3 rings (SSSR count). The van der Waals surface area contributed by atoms with Gasteiger partial charge < -0.3 is 42.1 Å². The summed E-state index contributed by atoms with van der Waals surface area (Å²) in [5, 5.41) is -0.858. The average Bonchev–Trinajstić information content (AvgIpc) is 3.17. The maximum absolute atomic E-state index is 12.6. The fraction of sp³-hybridized carbons (Fsp3) is 0.462. The normalized spacial score (nSPS) is 11.8. The molecular formula is C39H49ClNa3O18PS3. The van der Waals surface area contributed by atoms with Crippen molar-refractivity contribution in [1.82, 2.24) is 0 Å². The summed E-state index contributed by atoms with van der Waals surface area (Å²) in [4.78, 5) is 36.3. The fourth-order valence-corrected chi connectivity index (χ4v) is 8.09. The maximum atomic E-state index is 12.6. The number of ether oxygens (including phenoxy) is 6. The summed E-state index contributed by atoms with van der Waals surface area (Å²) in [6.07, 6.45) is 6.03. The Morgan fingerprint density at radius 2 is 0.800 bits per heavy atom. The number of carbonyl (C=O) groups excluding carboxylic acids is 3. The number of hydrogen-bond donors (Lipinski definition) is 0. The second-order valence-electron chi connectivity index (χ2n) is 13.9. The third kappa shape index (κ3) is 25.9. The molecule has 0 heterocycles. The van der Waals surface area contributed by atoms with Crippen molar-refractivity contribution in [2.24, 2.45) is 5.92 Å². The van der Waals surface area contributed by atoms with Gasteiger partial charge in [-0.05, 0) is 110 Å². The van der Waals surface area contributed by atoms with E-state index in [2.05, 4.69) is 16.2 Å². The molecule has 26 heteroatoms. The summed E-state index contributed by atoms with van der Waals surface area (Å²) in [7, 11) is -11.4. The second-order valence-corrected chi connectivity index (χ2v) is 19.1. The number of hydrogen-bond acceptors (Lipinski definition) is 18. The number of benzene rings is 3. The zero-order chi connectivity index (χ0) is 45.1. The molecule has 0 saturated heterocycles. The van der Waals surface area contributed by atoms with E-state index in [1.54, 1.807) is 0 Å². The van der Waals surface area contributed by atoms with E-state index in [1.165, 1.54) is 0 Å². The molecule has 0 spiro atoms. The molecule has 0 radical (unpaired) electrons. The Morgan fingerprint density at radius 3 is 1.11 bits per heavy atom. The van der Waals surface area contributed by atoms with Crippen LogP contribution in [-0.2, 0) is 44.6 Å². The standard InChI is InChI=1S/C39H51O18PS3.ClH.3Na/c1-2-3-4-5-6-7-8-9-10-29(23-26-52-36(40)55-30-11-17-33(18-12-30)59(43,44)45)39(58,24-27-53-37(41)56-31-13-19-34(20-14-31)60(46,47)48)25-28-54-38(42)57-32-15-21-35(22-16-32)61(49,50)51;;;;/h11-22,29H,2-10,23-28,58H2,1H3,(H,43,44,45)(H,46,47,48)(H,49,50,51);1H;;;/q;;3*+1/p-3. The van der Waals surface area contributed by atoms with Crippen LogP contribution in [0, 0.1) is 5.92 Å². The van der Waals surface area contributed by atoms with Gasteiger partial charge in [0, 0.05) is 0 Å². The van der Waals surface area contributed by atoms with E-state index in [4.69, 9.17) is 28.4 Å². The number of unbranched alkanes of at least 4 members (excludes halogenated alkanes) is 7. The van der Waals surface area contributed by atoms with Crippen molar-refractivity contribution in [3.05, 3.63) is 72.8 Å². The van der Waals surface area contributed by atoms with Crippen molar-refractivity contribution < 1.29 is 170 Å². The van der Waals surface area contributed by atoms with Gasteiger partial charge >= 0.3 is 107 Å². The Kier molecular flexibility index (Phi) is 33.2. The molecule has 0 bridgehead atoms. The van der Waals surface area contributed by atoms with Gasteiger partial charge in [0.15, 0.2) is 0 Å². The Morgan fingerprint density at radius 1 is 0.508 bits per heavy atom. The van der Waals surface area contributed by atoms with E-state index in [0.717, 1.165) is 124 Å². The molecule has 65 heavy (non-hydrogen) atoms. The summed E-state index contributed by atoms with van der Waals surface area (Å²) in [5.41, 5.74) is 0. The van der Waals surface area contributed by atoms with E-state index < -0.39 is 68.7 Å². The van der Waals surface area contributed by atoms with Gasteiger partial charge in [-0.2, -0.15) is 0 Å². The predicted octanol–water partition coefficient (Wildman–Crippen LogP) is -1.29. The quantitative estimate of drug-likeness (QED) is 0.0182. The first-order valence-corrected chi connectivity index (χ1v) is 24.0. The van der Waals surface area contributed by atoms with Crippen molar-refractivity contribution in [2.45, 2.75) is 104 Å². The van der Waals surface area contributed by atoms with Gasteiger partial charge in [-0.1, -0.05) is 58.3 Å². The zero-order valence-electron chi connectivity index (χ0n) is 36.7. The Bertz CT molecular complexity index is 2130. The van der Waals surface area contributed by atoms with Crippen LogP contribution in [0.25, 0.3) is 0 Å². The van der Waals surface area contributed by atoms with Gasteiger partial charge in [-0.15, -0.1) is 21.6 Å². The van der Waals surface area contributed by atoms with Gasteiger partial charge in [0.25, 0.3) is 0 Å². The predicted molar refractivity (Wildman–Crippen MR) is 223 cm³/mol. The van der Waals surface area contributed by atoms with Gasteiger partial charge in [0.05, 0.1) is 34.5 Å². The monoisotopic (exact) mass is 1040 g/mol. The van der Waals surface area contributed by atoms with E-state index >= 15 is 0 Å². The van der Waals surface area contributed by atoms with E-state index in [-0.39, 0.29) is 163 Å². The first-order chi connectivity index (χ1) is 28.7. The van der Waals surface area contributed by atoms with Crippen molar-refractivity contribution in [1.29, 1.82) is 0 Å². The van der Waals surface area contributed by atoms with Crippen LogP contribution in [0.3, 0.4) is 0 Å². The minimum Gasteiger partial charge on any atom is -0.744 e. The van der Waals surface area contributed by atoms with Crippen LogP contribution in [0.4, 0.5) is 14.4 Å². The van der Waals surface area contributed by atoms with Crippen LogP contribution in [0.15, 0.2) is 87.5 Å². The fourth-order valence-electron chi connectivity index (χ4n) is 6.11. The van der Waals surface area contributed by atoms with E-state index in [9.17, 15) is 53.3 Å². The molecule has 3 aromatic carbocycles. The van der Waals surface area contributed by atoms with Crippen LogP contribution >= 0.6 is 21.6 Å². The average molecular weight is 1040 g/mol. The van der Waals surface area contributed by atoms with Crippen LogP contribution in [-0.4, -0.2) is 82.4 Å². The molecule has 346 valence electrons. The van der Waals surface area contributed by atoms with Crippen molar-refractivity contribution in [3.63, 3.8) is 0 Å². The third-order valence-corrected chi connectivity index (χ3v) is 13.0. The molecule has 18 nitrogen and oxygen atoms in total. The first-order valence-electron chi connectivity index (χ1n) is 19.2. The maximum Gasteiger partial charge on any atom is 1.00 e. The molecule has 0 amide bonds. The molecule has 0 aromatic heterocycles. The zero-order valence-corrected chi connectivity index (χ0v) is 47.1. The van der Waals surface area contributed by atoms with Crippen molar-refractivity contribution in [3.8, 4) is 17.2 Å². The molecule has 3 aromatic rings. The van der Waals surface area contributed by atoms with Gasteiger partial charge in [0.2, 0.25) is 0 Å². The molecule has 0 aliphatic rings. The van der Waals surface area contributed by atoms with Crippen LogP contribution in [0.5, 0.6) is 17.2 Å². The number of halogens is 1.